The van der Waals surface area contributed by atoms with Crippen molar-refractivity contribution in [1.82, 2.24) is 4.98 Å². The van der Waals surface area contributed by atoms with Crippen LogP contribution in [0.4, 0.5) is 0 Å². The number of hydrogen-bond donors (Lipinski definition) is 2. The molecule has 10 nitrogen and oxygen atoms in total. The van der Waals surface area contributed by atoms with Crippen LogP contribution in [0.5, 0.6) is 0 Å². The third kappa shape index (κ3) is 3.97. The third-order valence-electron chi connectivity index (χ3n) is 4.81. The van der Waals surface area contributed by atoms with Gasteiger partial charge < -0.3 is 5.73 Å². The summed E-state index contributed by atoms with van der Waals surface area (Å²) in [4.78, 5) is 7.83. The van der Waals surface area contributed by atoms with Gasteiger partial charge >= 0.3 is 0 Å². The highest BCUT2D eigenvalue weighted by atomic mass is 32.2. The van der Waals surface area contributed by atoms with Crippen LogP contribution in [0, 0.1) is 0 Å². The summed E-state index contributed by atoms with van der Waals surface area (Å²) in [6.07, 6.45) is 0.310. The predicted molar refractivity (Wildman–Crippen MR) is 123 cm³/mol. The molecule has 0 saturated heterocycles. The number of nitrogens with zero attached hydrogens (tertiary/aromatic N) is 4. The highest BCUT2D eigenvalue weighted by Gasteiger charge is 2.32. The molecule has 1 aliphatic rings. The number of thiazole rings is 1. The molecule has 0 amide bonds. The highest BCUT2D eigenvalue weighted by Crippen LogP contribution is 2.39. The van der Waals surface area contributed by atoms with E-state index in [0.29, 0.717) is 28.1 Å². The molecule has 0 radical (unpaired) electrons. The fourth-order valence-electron chi connectivity index (χ4n) is 3.57. The molecule has 168 valence electrons. The zero-order valence-electron chi connectivity index (χ0n) is 17.0. The number of sulfonamides is 1. The van der Waals surface area contributed by atoms with E-state index in [4.69, 9.17) is 10.9 Å². The molecule has 0 saturated carbocycles. The summed E-state index contributed by atoms with van der Waals surface area (Å²) in [5.74, 6) is -0.229. The van der Waals surface area contributed by atoms with Crippen molar-refractivity contribution in [3.05, 3.63) is 40.9 Å². The standard InChI is InChI=1S/C19H20N6O4S3/c1-2-8-31(26,27)14-7-6-11(12-4-3-5-13-17(12)24-15(9-20)30-13)16(18(14)32(21,28)29)19-22-10-23-25-19/h3-7H,2,8-10,20H2,1H3,(H2,21,28,29). The number of primary sulfonamides is 1. The van der Waals surface area contributed by atoms with Crippen LogP contribution < -0.4 is 10.9 Å². The van der Waals surface area contributed by atoms with Crippen molar-refractivity contribution in [3.8, 4) is 11.1 Å². The lowest BCUT2D eigenvalue weighted by molar-refractivity contribution is 0.582. The van der Waals surface area contributed by atoms with Gasteiger partial charge in [0.15, 0.2) is 22.3 Å². The van der Waals surface area contributed by atoms with Gasteiger partial charge in [-0.05, 0) is 24.1 Å². The van der Waals surface area contributed by atoms with Crippen molar-refractivity contribution in [2.75, 3.05) is 12.4 Å². The van der Waals surface area contributed by atoms with E-state index in [-0.39, 0.29) is 35.3 Å². The van der Waals surface area contributed by atoms with Crippen LogP contribution in [0.15, 0.2) is 55.3 Å². The van der Waals surface area contributed by atoms with Gasteiger partial charge in [-0.3, -0.25) is 0 Å². The quantitative estimate of drug-likeness (QED) is 0.513. The lowest BCUT2D eigenvalue weighted by Gasteiger charge is -2.17. The summed E-state index contributed by atoms with van der Waals surface area (Å²) in [7, 11) is -8.42. The number of nitrogens with two attached hydrogens (primary N) is 2. The Labute approximate surface area is 189 Å². The van der Waals surface area contributed by atoms with E-state index in [2.05, 4.69) is 20.2 Å². The van der Waals surface area contributed by atoms with E-state index >= 15 is 0 Å². The second-order valence-electron chi connectivity index (χ2n) is 7.01. The number of para-hydroxylation sites is 1. The topological polar surface area (TPSA) is 170 Å². The molecule has 1 aromatic heterocycles. The number of rotatable bonds is 7. The molecule has 0 atom stereocenters. The van der Waals surface area contributed by atoms with Crippen LogP contribution in [-0.4, -0.2) is 40.1 Å². The van der Waals surface area contributed by atoms with Crippen molar-refractivity contribution in [2.45, 2.75) is 29.7 Å². The molecule has 0 spiro atoms. The first kappa shape index (κ1) is 22.6. The van der Waals surface area contributed by atoms with Gasteiger partial charge in [0.2, 0.25) is 10.0 Å². The molecule has 13 heteroatoms. The van der Waals surface area contributed by atoms with Gasteiger partial charge in [-0.2, -0.15) is 5.11 Å². The number of sulfone groups is 1. The monoisotopic (exact) mass is 492 g/mol. The summed E-state index contributed by atoms with van der Waals surface area (Å²) in [5.41, 5.74) is 7.34. The van der Waals surface area contributed by atoms with Crippen molar-refractivity contribution in [2.24, 2.45) is 26.1 Å². The molecule has 0 aliphatic carbocycles. The second kappa shape index (κ2) is 8.41. The molecule has 2 aromatic carbocycles. The van der Waals surface area contributed by atoms with E-state index in [9.17, 15) is 16.8 Å². The van der Waals surface area contributed by atoms with Gasteiger partial charge in [-0.1, -0.05) is 25.1 Å². The van der Waals surface area contributed by atoms with E-state index in [0.717, 1.165) is 4.70 Å². The minimum Gasteiger partial charge on any atom is -0.325 e. The van der Waals surface area contributed by atoms with Gasteiger partial charge in [-0.25, -0.2) is 32.0 Å². The van der Waals surface area contributed by atoms with Gasteiger partial charge in [0, 0.05) is 12.1 Å². The SMILES string of the molecule is CCCS(=O)(=O)c1ccc(-c2cccc3sc(CN)nc23)c(C2=NCN=N2)c1S(N)(=O)=O. The molecule has 0 fully saturated rings. The fraction of sp³-hybridized carbons (Fsp3) is 0.263. The Morgan fingerprint density at radius 2 is 1.88 bits per heavy atom. The minimum atomic E-state index is -4.49. The zero-order chi connectivity index (χ0) is 23.1. The first-order valence-electron chi connectivity index (χ1n) is 9.61. The Balaban J connectivity index is 2.15. The van der Waals surface area contributed by atoms with E-state index in [1.54, 1.807) is 25.1 Å². The zero-order valence-corrected chi connectivity index (χ0v) is 19.5. The Bertz CT molecular complexity index is 1490. The molecule has 2 heterocycles. The number of aliphatic imine (C=N–C) groups is 1. The number of aromatic nitrogens is 1. The minimum absolute atomic E-state index is 0.000673. The van der Waals surface area contributed by atoms with E-state index in [1.807, 2.05) is 6.07 Å². The summed E-state index contributed by atoms with van der Waals surface area (Å²) >= 11 is 1.42. The average Bonchev–Trinajstić information content (AvgIpc) is 3.41. The average molecular weight is 493 g/mol. The summed E-state index contributed by atoms with van der Waals surface area (Å²) < 4.78 is 52.2. The molecule has 32 heavy (non-hydrogen) atoms. The molecule has 0 bridgehead atoms. The Kier molecular flexibility index (Phi) is 5.94. The van der Waals surface area contributed by atoms with Crippen LogP contribution in [0.3, 0.4) is 0 Å². The van der Waals surface area contributed by atoms with Gasteiger partial charge in [0.05, 0.1) is 26.4 Å². The van der Waals surface area contributed by atoms with Crippen molar-refractivity contribution >= 4 is 47.2 Å². The summed E-state index contributed by atoms with van der Waals surface area (Å²) in [6, 6.07) is 8.25. The normalized spacial score (nSPS) is 14.3. The van der Waals surface area contributed by atoms with Crippen LogP contribution in [0.25, 0.3) is 21.3 Å². The Morgan fingerprint density at radius 1 is 1.09 bits per heavy atom. The molecule has 4 rings (SSSR count). The van der Waals surface area contributed by atoms with Crippen LogP contribution >= 0.6 is 11.3 Å². The Hall–Kier alpha value is -2.58. The van der Waals surface area contributed by atoms with Crippen LogP contribution in [0.1, 0.15) is 23.9 Å². The first-order chi connectivity index (χ1) is 15.2. The highest BCUT2D eigenvalue weighted by molar-refractivity contribution is 7.93. The van der Waals surface area contributed by atoms with Crippen molar-refractivity contribution < 1.29 is 16.8 Å². The summed E-state index contributed by atoms with van der Waals surface area (Å²) in [6.45, 7) is 1.95. The first-order valence-corrected chi connectivity index (χ1v) is 13.6. The lowest BCUT2D eigenvalue weighted by atomic mass is 9.98. The number of hydrogen-bond acceptors (Lipinski definition) is 10. The third-order valence-corrected chi connectivity index (χ3v) is 8.94. The molecular formula is C19H20N6O4S3. The van der Waals surface area contributed by atoms with Crippen molar-refractivity contribution in [1.29, 1.82) is 0 Å². The molecular weight excluding hydrogens is 472 g/mol. The number of azo groups is 1. The molecule has 4 N–H and O–H groups in total. The van der Waals surface area contributed by atoms with Crippen molar-refractivity contribution in [3.63, 3.8) is 0 Å². The summed E-state index contributed by atoms with van der Waals surface area (Å²) in [5, 5.41) is 14.0. The van der Waals surface area contributed by atoms with Crippen LogP contribution in [0.2, 0.25) is 0 Å². The number of amidine groups is 1. The van der Waals surface area contributed by atoms with Gasteiger partial charge in [0.25, 0.3) is 0 Å². The van der Waals surface area contributed by atoms with E-state index in [1.165, 1.54) is 17.4 Å². The maximum atomic E-state index is 12.9. The maximum Gasteiger partial charge on any atom is 0.240 e. The van der Waals surface area contributed by atoms with Gasteiger partial charge in [-0.15, -0.1) is 16.5 Å². The largest absolute Gasteiger partial charge is 0.325 e. The second-order valence-corrected chi connectivity index (χ2v) is 11.7. The predicted octanol–water partition coefficient (Wildman–Crippen LogP) is 2.42. The smallest absolute Gasteiger partial charge is 0.240 e. The van der Waals surface area contributed by atoms with Crippen LogP contribution in [-0.2, 0) is 26.4 Å². The number of benzene rings is 2. The molecule has 3 aromatic rings. The maximum absolute atomic E-state index is 12.9. The lowest BCUT2D eigenvalue weighted by Crippen LogP contribution is -2.22. The van der Waals surface area contributed by atoms with E-state index < -0.39 is 24.8 Å². The molecule has 1 aliphatic heterocycles. The number of fused-ring (bicyclic) bond motifs is 1. The molecule has 0 unspecified atom stereocenters. The fourth-order valence-corrected chi connectivity index (χ4v) is 7.43. The Morgan fingerprint density at radius 3 is 2.50 bits per heavy atom. The van der Waals surface area contributed by atoms with Gasteiger partial charge in [0.1, 0.15) is 9.90 Å².